The molecule has 9 nitrogen and oxygen atoms in total. The molecular weight excluding hydrogens is 380 g/mol. The van der Waals surface area contributed by atoms with E-state index in [1.54, 1.807) is 13.8 Å². The van der Waals surface area contributed by atoms with Gasteiger partial charge in [-0.2, -0.15) is 0 Å². The third kappa shape index (κ3) is 7.13. The molecule has 0 saturated heterocycles. The lowest BCUT2D eigenvalue weighted by atomic mass is 10.1. The zero-order valence-corrected chi connectivity index (χ0v) is 16.5. The van der Waals surface area contributed by atoms with Crippen LogP contribution in [0.2, 0.25) is 0 Å². The number of benzene rings is 2. The summed E-state index contributed by atoms with van der Waals surface area (Å²) in [5, 5.41) is 10.8. The zero-order chi connectivity index (χ0) is 21.9. The van der Waals surface area contributed by atoms with Crippen molar-refractivity contribution in [1.29, 1.82) is 0 Å². The van der Waals surface area contributed by atoms with Gasteiger partial charge in [-0.15, -0.1) is 0 Å². The molecule has 0 saturated carbocycles. The number of ether oxygens (including phenoxy) is 3. The van der Waals surface area contributed by atoms with Crippen LogP contribution < -0.4 is 10.5 Å². The second-order valence-electron chi connectivity index (χ2n) is 5.74. The number of nitrogen functional groups attached to an aromatic ring is 1. The summed E-state index contributed by atoms with van der Waals surface area (Å²) in [4.78, 5) is 34.2. The SMILES string of the molecule is CCOC(=O)C(C)(Oc1cccc([N+](=O)[O-])c1)C(=O)OCC.Nc1ccccc1. The first-order valence-electron chi connectivity index (χ1n) is 8.83. The highest BCUT2D eigenvalue weighted by atomic mass is 16.6. The maximum Gasteiger partial charge on any atom is 0.362 e. The van der Waals surface area contributed by atoms with Crippen molar-refractivity contribution in [2.24, 2.45) is 0 Å². The summed E-state index contributed by atoms with van der Waals surface area (Å²) in [6.07, 6.45) is 0. The van der Waals surface area contributed by atoms with Crippen LogP contribution in [0.15, 0.2) is 54.6 Å². The molecule has 2 N–H and O–H groups in total. The Balaban J connectivity index is 0.000000502. The summed E-state index contributed by atoms with van der Waals surface area (Å²) < 4.78 is 15.0. The molecule has 156 valence electrons. The van der Waals surface area contributed by atoms with Gasteiger partial charge in [-0.3, -0.25) is 10.1 Å². The van der Waals surface area contributed by atoms with Crippen LogP contribution in [0.5, 0.6) is 5.75 Å². The molecule has 2 rings (SSSR count). The van der Waals surface area contributed by atoms with Crippen molar-refractivity contribution in [3.05, 3.63) is 64.7 Å². The number of rotatable bonds is 7. The number of nitro benzene ring substituents is 1. The van der Waals surface area contributed by atoms with Crippen LogP contribution in [-0.4, -0.2) is 35.7 Å². The number of anilines is 1. The van der Waals surface area contributed by atoms with E-state index in [1.807, 2.05) is 30.3 Å². The minimum Gasteiger partial charge on any atom is -0.464 e. The number of para-hydroxylation sites is 1. The fourth-order valence-corrected chi connectivity index (χ4v) is 2.05. The van der Waals surface area contributed by atoms with Crippen molar-refractivity contribution in [2.75, 3.05) is 18.9 Å². The smallest absolute Gasteiger partial charge is 0.362 e. The second kappa shape index (κ2) is 11.3. The number of nitrogens with zero attached hydrogens (tertiary/aromatic N) is 1. The van der Waals surface area contributed by atoms with Crippen molar-refractivity contribution in [2.45, 2.75) is 26.4 Å². The molecule has 29 heavy (non-hydrogen) atoms. The van der Waals surface area contributed by atoms with Gasteiger partial charge in [0.05, 0.1) is 24.2 Å². The lowest BCUT2D eigenvalue weighted by Crippen LogP contribution is -2.51. The van der Waals surface area contributed by atoms with E-state index >= 15 is 0 Å². The Bertz CT molecular complexity index is 807. The molecule has 2 aromatic carbocycles. The van der Waals surface area contributed by atoms with Gasteiger partial charge in [-0.25, -0.2) is 9.59 Å². The molecule has 0 unspecified atom stereocenters. The quantitative estimate of drug-likeness (QED) is 0.245. The van der Waals surface area contributed by atoms with Crippen LogP contribution in [0.1, 0.15) is 20.8 Å². The molecule has 0 radical (unpaired) electrons. The third-order valence-corrected chi connectivity index (χ3v) is 3.48. The summed E-state index contributed by atoms with van der Waals surface area (Å²) in [5.41, 5.74) is 3.91. The Labute approximate surface area is 168 Å². The van der Waals surface area contributed by atoms with Crippen molar-refractivity contribution >= 4 is 23.3 Å². The molecule has 0 aliphatic heterocycles. The molecule has 0 aliphatic rings. The first-order valence-corrected chi connectivity index (χ1v) is 8.83. The minimum atomic E-state index is -2.04. The van der Waals surface area contributed by atoms with E-state index in [-0.39, 0.29) is 24.7 Å². The highest BCUT2D eigenvalue weighted by Crippen LogP contribution is 2.25. The van der Waals surface area contributed by atoms with E-state index < -0.39 is 22.5 Å². The zero-order valence-electron chi connectivity index (χ0n) is 16.5. The van der Waals surface area contributed by atoms with Crippen molar-refractivity contribution in [1.82, 2.24) is 0 Å². The predicted molar refractivity (Wildman–Crippen MR) is 106 cm³/mol. The molecule has 9 heteroatoms. The van der Waals surface area contributed by atoms with E-state index in [2.05, 4.69) is 0 Å². The third-order valence-electron chi connectivity index (χ3n) is 3.48. The summed E-state index contributed by atoms with van der Waals surface area (Å²) >= 11 is 0. The number of carbonyl (C=O) groups is 2. The Kier molecular flexibility index (Phi) is 9.11. The van der Waals surface area contributed by atoms with Crippen molar-refractivity contribution < 1.29 is 28.7 Å². The number of hydrogen-bond donors (Lipinski definition) is 1. The number of non-ortho nitro benzene ring substituents is 1. The standard InChI is InChI=1S/C14H17NO7.C6H7N/c1-4-20-12(16)14(3,13(17)21-5-2)22-11-8-6-7-10(9-11)15(18)19;7-6-4-2-1-3-5-6/h6-9H,4-5H2,1-3H3;1-5H,7H2. The maximum atomic E-state index is 12.0. The largest absolute Gasteiger partial charge is 0.464 e. The van der Waals surface area contributed by atoms with Gasteiger partial charge >= 0.3 is 11.9 Å². The molecular formula is C20H24N2O7. The summed E-state index contributed by atoms with van der Waals surface area (Å²) in [7, 11) is 0. The van der Waals surface area contributed by atoms with Gasteiger partial charge in [0.25, 0.3) is 11.3 Å². The van der Waals surface area contributed by atoms with Gasteiger partial charge in [0.2, 0.25) is 0 Å². The van der Waals surface area contributed by atoms with Gasteiger partial charge in [0.15, 0.2) is 0 Å². The molecule has 0 fully saturated rings. The Morgan fingerprint density at radius 3 is 1.97 bits per heavy atom. The number of carbonyl (C=O) groups excluding carboxylic acids is 2. The molecule has 0 heterocycles. The van der Waals surface area contributed by atoms with E-state index in [0.717, 1.165) is 11.8 Å². The average Bonchev–Trinajstić information content (AvgIpc) is 2.69. The van der Waals surface area contributed by atoms with Crippen molar-refractivity contribution in [3.63, 3.8) is 0 Å². The Hall–Kier alpha value is -3.62. The summed E-state index contributed by atoms with van der Waals surface area (Å²) in [6.45, 7) is 4.45. The first kappa shape index (κ1) is 23.4. The van der Waals surface area contributed by atoms with Crippen LogP contribution in [-0.2, 0) is 19.1 Å². The van der Waals surface area contributed by atoms with Crippen LogP contribution in [0.4, 0.5) is 11.4 Å². The minimum absolute atomic E-state index is 0.0159. The van der Waals surface area contributed by atoms with Crippen LogP contribution >= 0.6 is 0 Å². The highest BCUT2D eigenvalue weighted by Gasteiger charge is 2.47. The van der Waals surface area contributed by atoms with Gasteiger partial charge in [0.1, 0.15) is 5.75 Å². The molecule has 0 aromatic heterocycles. The van der Waals surface area contributed by atoms with Gasteiger partial charge in [-0.05, 0) is 39.0 Å². The van der Waals surface area contributed by atoms with Crippen LogP contribution in [0.25, 0.3) is 0 Å². The van der Waals surface area contributed by atoms with Gasteiger partial charge in [0, 0.05) is 11.8 Å². The predicted octanol–water partition coefficient (Wildman–Crippen LogP) is 3.13. The summed E-state index contributed by atoms with van der Waals surface area (Å²) in [5.74, 6) is -1.88. The fourth-order valence-electron chi connectivity index (χ4n) is 2.05. The number of esters is 2. The van der Waals surface area contributed by atoms with E-state index in [4.69, 9.17) is 19.9 Å². The van der Waals surface area contributed by atoms with Crippen LogP contribution in [0, 0.1) is 10.1 Å². The number of hydrogen-bond acceptors (Lipinski definition) is 8. The normalized spacial score (nSPS) is 10.2. The first-order chi connectivity index (χ1) is 13.7. The van der Waals surface area contributed by atoms with Crippen LogP contribution in [0.3, 0.4) is 0 Å². The lowest BCUT2D eigenvalue weighted by Gasteiger charge is -2.25. The topological polar surface area (TPSA) is 131 Å². The van der Waals surface area contributed by atoms with Crippen molar-refractivity contribution in [3.8, 4) is 5.75 Å². The molecule has 0 spiro atoms. The van der Waals surface area contributed by atoms with Gasteiger partial charge < -0.3 is 19.9 Å². The molecule has 0 amide bonds. The molecule has 0 atom stereocenters. The highest BCUT2D eigenvalue weighted by molar-refractivity contribution is 6.03. The monoisotopic (exact) mass is 404 g/mol. The fraction of sp³-hybridized carbons (Fsp3) is 0.300. The summed E-state index contributed by atoms with van der Waals surface area (Å²) in [6, 6.07) is 14.6. The Morgan fingerprint density at radius 2 is 1.55 bits per heavy atom. The molecule has 0 bridgehead atoms. The van der Waals surface area contributed by atoms with E-state index in [9.17, 15) is 19.7 Å². The second-order valence-corrected chi connectivity index (χ2v) is 5.74. The number of nitro groups is 1. The number of nitrogens with two attached hydrogens (primary N) is 1. The molecule has 2 aromatic rings. The lowest BCUT2D eigenvalue weighted by molar-refractivity contribution is -0.385. The molecule has 0 aliphatic carbocycles. The van der Waals surface area contributed by atoms with E-state index in [1.165, 1.54) is 25.1 Å². The maximum absolute atomic E-state index is 12.0. The average molecular weight is 404 g/mol. The van der Waals surface area contributed by atoms with E-state index in [0.29, 0.717) is 0 Å². The Morgan fingerprint density at radius 1 is 1.00 bits per heavy atom. The van der Waals surface area contributed by atoms with Gasteiger partial charge in [-0.1, -0.05) is 24.3 Å².